The number of hydrogen-bond acceptors (Lipinski definition) is 3. The number of carboxylic acid groups (broad SMARTS) is 1. The summed E-state index contributed by atoms with van der Waals surface area (Å²) in [6, 6.07) is 1.25. The molecule has 0 saturated carbocycles. The summed E-state index contributed by atoms with van der Waals surface area (Å²) in [5.74, 6) is -0.398. The van der Waals surface area contributed by atoms with E-state index in [2.05, 4.69) is 4.98 Å². The lowest BCUT2D eigenvalue weighted by Crippen LogP contribution is -2.17. The molecule has 0 spiro atoms. The standard InChI is InChI=1S/C12H13N3O3/c1-2-15-6-4-13-11(15)8-14-5-3-10(16)9(7-14)12(17)18/h3-7H,2,8H2,1H3,(H,17,18). The third-order valence-corrected chi connectivity index (χ3v) is 2.67. The van der Waals surface area contributed by atoms with Crippen LogP contribution in [0.3, 0.4) is 0 Å². The van der Waals surface area contributed by atoms with Crippen LogP contribution in [0.15, 0.2) is 35.6 Å². The number of aryl methyl sites for hydroxylation is 1. The SMILES string of the molecule is CCn1ccnc1Cn1ccc(=O)c(C(=O)O)c1. The van der Waals surface area contributed by atoms with Crippen molar-refractivity contribution in [3.05, 3.63) is 52.5 Å². The molecule has 0 atom stereocenters. The molecule has 2 aromatic rings. The van der Waals surface area contributed by atoms with Crippen LogP contribution >= 0.6 is 0 Å². The highest BCUT2D eigenvalue weighted by Gasteiger charge is 2.09. The van der Waals surface area contributed by atoms with Gasteiger partial charge in [0.25, 0.3) is 0 Å². The van der Waals surface area contributed by atoms with Crippen LogP contribution in [-0.4, -0.2) is 25.2 Å². The molecule has 0 aromatic carbocycles. The van der Waals surface area contributed by atoms with Crippen LogP contribution in [-0.2, 0) is 13.1 Å². The summed E-state index contributed by atoms with van der Waals surface area (Å²) >= 11 is 0. The number of hydrogen-bond donors (Lipinski definition) is 1. The number of carboxylic acids is 1. The lowest BCUT2D eigenvalue weighted by Gasteiger charge is -2.08. The van der Waals surface area contributed by atoms with E-state index >= 15 is 0 Å². The van der Waals surface area contributed by atoms with Crippen LogP contribution in [0.4, 0.5) is 0 Å². The quantitative estimate of drug-likeness (QED) is 0.867. The fourth-order valence-electron chi connectivity index (χ4n) is 1.73. The van der Waals surface area contributed by atoms with Gasteiger partial charge in [0.15, 0.2) is 5.43 Å². The van der Waals surface area contributed by atoms with Gasteiger partial charge >= 0.3 is 5.97 Å². The Morgan fingerprint density at radius 2 is 2.22 bits per heavy atom. The second-order valence-electron chi connectivity index (χ2n) is 3.83. The van der Waals surface area contributed by atoms with Crippen molar-refractivity contribution in [2.24, 2.45) is 0 Å². The number of imidazole rings is 1. The van der Waals surface area contributed by atoms with Gasteiger partial charge in [-0.15, -0.1) is 0 Å². The third kappa shape index (κ3) is 2.32. The van der Waals surface area contributed by atoms with Crippen molar-refractivity contribution in [1.29, 1.82) is 0 Å². The Hall–Kier alpha value is -2.37. The van der Waals surface area contributed by atoms with Gasteiger partial charge in [0, 0.05) is 37.4 Å². The molecule has 0 fully saturated rings. The Morgan fingerprint density at radius 3 is 2.89 bits per heavy atom. The van der Waals surface area contributed by atoms with Crippen LogP contribution in [0.25, 0.3) is 0 Å². The number of pyridine rings is 1. The van der Waals surface area contributed by atoms with Gasteiger partial charge in [-0.05, 0) is 6.92 Å². The van der Waals surface area contributed by atoms with E-state index in [0.717, 1.165) is 12.4 Å². The van der Waals surface area contributed by atoms with Crippen molar-refractivity contribution in [3.8, 4) is 0 Å². The largest absolute Gasteiger partial charge is 0.477 e. The Kier molecular flexibility index (Phi) is 3.27. The molecule has 1 N–H and O–H groups in total. The van der Waals surface area contributed by atoms with Gasteiger partial charge in [-0.3, -0.25) is 4.79 Å². The van der Waals surface area contributed by atoms with Gasteiger partial charge in [-0.25, -0.2) is 9.78 Å². The molecule has 0 aliphatic rings. The molecule has 0 radical (unpaired) electrons. The molecule has 0 bridgehead atoms. The van der Waals surface area contributed by atoms with Crippen molar-refractivity contribution in [2.75, 3.05) is 0 Å². The van der Waals surface area contributed by atoms with E-state index in [1.54, 1.807) is 17.0 Å². The summed E-state index contributed by atoms with van der Waals surface area (Å²) in [7, 11) is 0. The Labute approximate surface area is 103 Å². The minimum Gasteiger partial charge on any atom is -0.477 e. The maximum Gasteiger partial charge on any atom is 0.341 e. The zero-order valence-electron chi connectivity index (χ0n) is 9.91. The molecule has 0 amide bonds. The molecule has 18 heavy (non-hydrogen) atoms. The van der Waals surface area contributed by atoms with E-state index in [9.17, 15) is 9.59 Å². The van der Waals surface area contributed by atoms with Crippen molar-refractivity contribution in [3.63, 3.8) is 0 Å². The van der Waals surface area contributed by atoms with E-state index in [-0.39, 0.29) is 5.56 Å². The monoisotopic (exact) mass is 247 g/mol. The normalized spacial score (nSPS) is 10.5. The highest BCUT2D eigenvalue weighted by Crippen LogP contribution is 2.02. The first kappa shape index (κ1) is 12.1. The Balaban J connectivity index is 2.33. The smallest absolute Gasteiger partial charge is 0.341 e. The number of aromatic nitrogens is 3. The molecule has 6 heteroatoms. The summed E-state index contributed by atoms with van der Waals surface area (Å²) < 4.78 is 3.60. The fraction of sp³-hybridized carbons (Fsp3) is 0.250. The van der Waals surface area contributed by atoms with Crippen molar-refractivity contribution >= 4 is 5.97 Å². The van der Waals surface area contributed by atoms with Gasteiger partial charge in [-0.1, -0.05) is 0 Å². The predicted molar refractivity (Wildman–Crippen MR) is 64.7 cm³/mol. The van der Waals surface area contributed by atoms with E-state index in [0.29, 0.717) is 6.54 Å². The minimum absolute atomic E-state index is 0.230. The van der Waals surface area contributed by atoms with Crippen LogP contribution in [0.1, 0.15) is 23.1 Å². The highest BCUT2D eigenvalue weighted by atomic mass is 16.4. The van der Waals surface area contributed by atoms with Gasteiger partial charge < -0.3 is 14.2 Å². The van der Waals surface area contributed by atoms with Gasteiger partial charge in [0.2, 0.25) is 0 Å². The second kappa shape index (κ2) is 4.87. The molecular formula is C12H13N3O3. The Bertz CT molecular complexity index is 627. The average Bonchev–Trinajstić information content (AvgIpc) is 2.78. The molecule has 0 unspecified atom stereocenters. The number of rotatable bonds is 4. The highest BCUT2D eigenvalue weighted by molar-refractivity contribution is 5.86. The van der Waals surface area contributed by atoms with Crippen LogP contribution in [0.2, 0.25) is 0 Å². The molecule has 2 aromatic heterocycles. The predicted octanol–water partition coefficient (Wildman–Crippen LogP) is 0.811. The summed E-state index contributed by atoms with van der Waals surface area (Å²) in [6.45, 7) is 3.22. The number of aromatic carboxylic acids is 1. The van der Waals surface area contributed by atoms with Crippen molar-refractivity contribution in [1.82, 2.24) is 14.1 Å². The van der Waals surface area contributed by atoms with Gasteiger partial charge in [0.05, 0.1) is 6.54 Å². The first-order valence-electron chi connectivity index (χ1n) is 5.55. The van der Waals surface area contributed by atoms with E-state index in [4.69, 9.17) is 5.11 Å². The molecule has 0 aliphatic carbocycles. The molecule has 0 aliphatic heterocycles. The molecule has 6 nitrogen and oxygen atoms in total. The first-order chi connectivity index (χ1) is 8.61. The van der Waals surface area contributed by atoms with E-state index < -0.39 is 11.4 Å². The summed E-state index contributed by atoms with van der Waals surface area (Å²) in [5.41, 5.74) is -0.718. The molecule has 0 saturated heterocycles. The second-order valence-corrected chi connectivity index (χ2v) is 3.83. The van der Waals surface area contributed by atoms with Crippen LogP contribution < -0.4 is 5.43 Å². The fourth-order valence-corrected chi connectivity index (χ4v) is 1.73. The molecule has 2 rings (SSSR count). The lowest BCUT2D eigenvalue weighted by molar-refractivity contribution is 0.0694. The van der Waals surface area contributed by atoms with Crippen molar-refractivity contribution < 1.29 is 9.90 Å². The number of carbonyl (C=O) groups is 1. The topological polar surface area (TPSA) is 77.1 Å². The Morgan fingerprint density at radius 1 is 1.44 bits per heavy atom. The summed E-state index contributed by atoms with van der Waals surface area (Å²) in [6.07, 6.45) is 6.44. The van der Waals surface area contributed by atoms with E-state index in [1.807, 2.05) is 17.7 Å². The lowest BCUT2D eigenvalue weighted by atomic mass is 10.3. The van der Waals surface area contributed by atoms with Gasteiger partial charge in [0.1, 0.15) is 11.4 Å². The van der Waals surface area contributed by atoms with Crippen molar-refractivity contribution in [2.45, 2.75) is 20.0 Å². The molecule has 94 valence electrons. The molecular weight excluding hydrogens is 234 g/mol. The zero-order valence-corrected chi connectivity index (χ0v) is 9.91. The van der Waals surface area contributed by atoms with Gasteiger partial charge in [-0.2, -0.15) is 0 Å². The van der Waals surface area contributed by atoms with Crippen LogP contribution in [0, 0.1) is 0 Å². The minimum atomic E-state index is -1.21. The van der Waals surface area contributed by atoms with Crippen LogP contribution in [0.5, 0.6) is 0 Å². The first-order valence-corrected chi connectivity index (χ1v) is 5.55. The third-order valence-electron chi connectivity index (χ3n) is 2.67. The zero-order chi connectivity index (χ0) is 13.1. The molecule has 2 heterocycles. The maximum absolute atomic E-state index is 11.3. The summed E-state index contributed by atoms with van der Waals surface area (Å²) in [4.78, 5) is 26.4. The average molecular weight is 247 g/mol. The number of nitrogens with zero attached hydrogens (tertiary/aromatic N) is 3. The van der Waals surface area contributed by atoms with E-state index in [1.165, 1.54) is 12.3 Å². The maximum atomic E-state index is 11.3. The summed E-state index contributed by atoms with van der Waals surface area (Å²) in [5, 5.41) is 8.88.